The fourth-order valence-corrected chi connectivity index (χ4v) is 2.83. The van der Waals surface area contributed by atoms with Crippen molar-refractivity contribution in [1.82, 2.24) is 0 Å². The zero-order valence-corrected chi connectivity index (χ0v) is 13.2. The molecule has 23 heavy (non-hydrogen) atoms. The molecule has 1 atom stereocenters. The second-order valence-corrected chi connectivity index (χ2v) is 6.49. The van der Waals surface area contributed by atoms with Gasteiger partial charge in [-0.2, -0.15) is 0 Å². The highest BCUT2D eigenvalue weighted by molar-refractivity contribution is 6.27. The van der Waals surface area contributed by atoms with Gasteiger partial charge in [-0.05, 0) is 32.6 Å². The van der Waals surface area contributed by atoms with Crippen LogP contribution in [-0.4, -0.2) is 35.1 Å². The number of carbonyl (C=O) groups excluding carboxylic acids is 3. The zero-order valence-electron chi connectivity index (χ0n) is 13.2. The van der Waals surface area contributed by atoms with E-state index < -0.39 is 11.9 Å². The number of hydrogen-bond donors (Lipinski definition) is 1. The number of nitrogens with zero attached hydrogens (tertiary/aromatic N) is 1. The summed E-state index contributed by atoms with van der Waals surface area (Å²) in [6, 6.07) is 0. The number of rotatable bonds is 4. The minimum Gasteiger partial charge on any atom is -0.511 e. The summed E-state index contributed by atoms with van der Waals surface area (Å²) in [6.07, 6.45) is 3.50. The van der Waals surface area contributed by atoms with Crippen molar-refractivity contribution in [3.63, 3.8) is 0 Å². The van der Waals surface area contributed by atoms with E-state index in [-0.39, 0.29) is 60.0 Å². The number of aliphatic hydroxyl groups excluding tert-OH is 1. The maximum Gasteiger partial charge on any atom is 0.309 e. The highest BCUT2D eigenvalue weighted by Gasteiger charge is 2.40. The number of amides is 1. The molecule has 0 spiro atoms. The molecule has 0 aromatic rings. The van der Waals surface area contributed by atoms with Gasteiger partial charge in [0.15, 0.2) is 5.78 Å². The Bertz CT molecular complexity index is 610. The minimum atomic E-state index is -0.621. The molecule has 6 nitrogen and oxygen atoms in total. The van der Waals surface area contributed by atoms with Gasteiger partial charge in [0.25, 0.3) is 0 Å². The Morgan fingerprint density at radius 2 is 1.78 bits per heavy atom. The number of aliphatic hydroxyl groups is 1. The van der Waals surface area contributed by atoms with Gasteiger partial charge >= 0.3 is 5.97 Å². The summed E-state index contributed by atoms with van der Waals surface area (Å²) in [5, 5.41) is 10.3. The molecule has 0 saturated heterocycles. The summed E-state index contributed by atoms with van der Waals surface area (Å²) < 4.78 is 4.99. The molecule has 1 amide bonds. The molecule has 3 fully saturated rings. The van der Waals surface area contributed by atoms with Gasteiger partial charge in [0.1, 0.15) is 5.76 Å². The zero-order chi connectivity index (χ0) is 16.6. The van der Waals surface area contributed by atoms with Crippen LogP contribution in [0.3, 0.4) is 0 Å². The summed E-state index contributed by atoms with van der Waals surface area (Å²) in [7, 11) is 0. The Kier molecular flexibility index (Phi) is 4.33. The third-order valence-corrected chi connectivity index (χ3v) is 4.45. The standard InChI is InChI=1S/C17H21NO5/c1-2-23-17(22)11-7-12(18-16(21)10-5-6-10)14(13(19)8-11)15(20)9-3-4-9/h9-11,20H,2-8H2,1H3/b15-14+,18-12?. The van der Waals surface area contributed by atoms with Gasteiger partial charge in [0.05, 0.1) is 23.8 Å². The average Bonchev–Trinajstić information content (AvgIpc) is 3.40. The predicted octanol–water partition coefficient (Wildman–Crippen LogP) is 2.13. The number of hydrogen-bond acceptors (Lipinski definition) is 5. The smallest absolute Gasteiger partial charge is 0.309 e. The molecule has 0 aliphatic heterocycles. The Balaban J connectivity index is 1.89. The lowest BCUT2D eigenvalue weighted by Gasteiger charge is -2.24. The number of esters is 1. The minimum absolute atomic E-state index is 0.00157. The quantitative estimate of drug-likeness (QED) is 0.487. The number of ether oxygens (including phenoxy) is 1. The molecule has 0 radical (unpaired) electrons. The molecule has 3 saturated carbocycles. The second-order valence-electron chi connectivity index (χ2n) is 6.49. The van der Waals surface area contributed by atoms with Gasteiger partial charge in [-0.25, -0.2) is 4.99 Å². The van der Waals surface area contributed by atoms with E-state index in [0.29, 0.717) is 0 Å². The van der Waals surface area contributed by atoms with Gasteiger partial charge < -0.3 is 9.84 Å². The molecule has 3 rings (SSSR count). The van der Waals surface area contributed by atoms with Crippen LogP contribution in [0.4, 0.5) is 0 Å². The predicted molar refractivity (Wildman–Crippen MR) is 81.9 cm³/mol. The molecule has 1 N–H and O–H groups in total. The molecule has 3 aliphatic carbocycles. The number of carbonyl (C=O) groups is 3. The first-order valence-electron chi connectivity index (χ1n) is 8.26. The number of allylic oxidation sites excluding steroid dienone is 2. The van der Waals surface area contributed by atoms with E-state index in [0.717, 1.165) is 25.7 Å². The topological polar surface area (TPSA) is 93.0 Å². The summed E-state index contributed by atoms with van der Waals surface area (Å²) >= 11 is 0. The lowest BCUT2D eigenvalue weighted by atomic mass is 9.82. The first-order valence-corrected chi connectivity index (χ1v) is 8.26. The van der Waals surface area contributed by atoms with E-state index in [1.54, 1.807) is 6.92 Å². The fraction of sp³-hybridized carbons (Fsp3) is 0.647. The molecule has 1 unspecified atom stereocenters. The van der Waals surface area contributed by atoms with E-state index in [9.17, 15) is 19.5 Å². The molecule has 0 heterocycles. The lowest BCUT2D eigenvalue weighted by Crippen LogP contribution is -2.33. The third-order valence-electron chi connectivity index (χ3n) is 4.45. The highest BCUT2D eigenvalue weighted by Crippen LogP contribution is 2.39. The first kappa shape index (κ1) is 15.9. The molecule has 124 valence electrons. The summed E-state index contributed by atoms with van der Waals surface area (Å²) in [5.41, 5.74) is 0.433. The van der Waals surface area contributed by atoms with Crippen LogP contribution < -0.4 is 0 Å². The van der Waals surface area contributed by atoms with Crippen molar-refractivity contribution < 1.29 is 24.2 Å². The molecule has 0 bridgehead atoms. The fourth-order valence-electron chi connectivity index (χ4n) is 2.83. The van der Waals surface area contributed by atoms with Crippen molar-refractivity contribution in [2.24, 2.45) is 22.7 Å². The second kappa shape index (κ2) is 6.26. The van der Waals surface area contributed by atoms with Crippen molar-refractivity contribution in [2.45, 2.75) is 45.4 Å². The Morgan fingerprint density at radius 3 is 2.35 bits per heavy atom. The van der Waals surface area contributed by atoms with Crippen LogP contribution >= 0.6 is 0 Å². The SMILES string of the molecule is CCOC(=O)C1CC(=O)/C(=C(/O)C2CC2)C(=NC(=O)C2CC2)C1. The molecular formula is C17H21NO5. The summed E-state index contributed by atoms with van der Waals surface area (Å²) in [6.45, 7) is 1.95. The number of Topliss-reactive ketones (excluding diaryl/α,β-unsaturated/α-hetero) is 1. The maximum absolute atomic E-state index is 12.4. The molecule has 3 aliphatic rings. The summed E-state index contributed by atoms with van der Waals surface area (Å²) in [4.78, 5) is 40.5. The van der Waals surface area contributed by atoms with E-state index in [4.69, 9.17) is 4.74 Å². The van der Waals surface area contributed by atoms with Crippen molar-refractivity contribution >= 4 is 23.4 Å². The third kappa shape index (κ3) is 3.51. The largest absolute Gasteiger partial charge is 0.511 e. The first-order chi connectivity index (χ1) is 11.0. The van der Waals surface area contributed by atoms with Gasteiger partial charge in [-0.1, -0.05) is 0 Å². The Labute approximate surface area is 134 Å². The highest BCUT2D eigenvalue weighted by atomic mass is 16.5. The maximum atomic E-state index is 12.4. The van der Waals surface area contributed by atoms with Crippen molar-refractivity contribution in [3.05, 3.63) is 11.3 Å². The average molecular weight is 319 g/mol. The van der Waals surface area contributed by atoms with Crippen LogP contribution in [0.5, 0.6) is 0 Å². The molecular weight excluding hydrogens is 298 g/mol. The van der Waals surface area contributed by atoms with Gasteiger partial charge in [-0.15, -0.1) is 0 Å². The Hall–Kier alpha value is -1.98. The van der Waals surface area contributed by atoms with Crippen molar-refractivity contribution in [3.8, 4) is 0 Å². The van der Waals surface area contributed by atoms with E-state index in [1.165, 1.54) is 0 Å². The van der Waals surface area contributed by atoms with Crippen LogP contribution in [0, 0.1) is 17.8 Å². The van der Waals surface area contributed by atoms with Crippen molar-refractivity contribution in [2.75, 3.05) is 6.61 Å². The normalized spacial score (nSPS) is 28.7. The lowest BCUT2D eigenvalue weighted by molar-refractivity contribution is -0.149. The van der Waals surface area contributed by atoms with E-state index in [2.05, 4.69) is 4.99 Å². The Morgan fingerprint density at radius 1 is 1.13 bits per heavy atom. The van der Waals surface area contributed by atoms with Crippen LogP contribution in [0.1, 0.15) is 45.4 Å². The monoisotopic (exact) mass is 319 g/mol. The van der Waals surface area contributed by atoms with Gasteiger partial charge in [0, 0.05) is 24.7 Å². The number of ketones is 1. The number of aliphatic imine (C=N–C) groups is 1. The van der Waals surface area contributed by atoms with Crippen molar-refractivity contribution in [1.29, 1.82) is 0 Å². The molecule has 0 aromatic heterocycles. The molecule has 6 heteroatoms. The van der Waals surface area contributed by atoms with E-state index >= 15 is 0 Å². The van der Waals surface area contributed by atoms with Gasteiger partial charge in [0.2, 0.25) is 5.91 Å². The van der Waals surface area contributed by atoms with Crippen LogP contribution in [0.25, 0.3) is 0 Å². The van der Waals surface area contributed by atoms with Crippen LogP contribution in [0.15, 0.2) is 16.3 Å². The molecule has 0 aromatic carbocycles. The van der Waals surface area contributed by atoms with E-state index in [1.807, 2.05) is 0 Å². The van der Waals surface area contributed by atoms with Gasteiger partial charge in [-0.3, -0.25) is 14.4 Å². The summed E-state index contributed by atoms with van der Waals surface area (Å²) in [5.74, 6) is -1.67. The van der Waals surface area contributed by atoms with Crippen LogP contribution in [-0.2, 0) is 19.1 Å². The van der Waals surface area contributed by atoms with Crippen LogP contribution in [0.2, 0.25) is 0 Å².